The van der Waals surface area contributed by atoms with Crippen molar-refractivity contribution >= 4 is 15.9 Å². The summed E-state index contributed by atoms with van der Waals surface area (Å²) in [6.45, 7) is 1.38. The summed E-state index contributed by atoms with van der Waals surface area (Å²) >= 11 is 2.95. The van der Waals surface area contributed by atoms with Gasteiger partial charge in [-0.25, -0.2) is 8.78 Å². The van der Waals surface area contributed by atoms with Gasteiger partial charge in [-0.3, -0.25) is 0 Å². The van der Waals surface area contributed by atoms with E-state index in [-0.39, 0.29) is 5.56 Å². The van der Waals surface area contributed by atoms with Crippen LogP contribution in [-0.4, -0.2) is 11.2 Å². The highest BCUT2D eigenvalue weighted by molar-refractivity contribution is 9.10. The van der Waals surface area contributed by atoms with Gasteiger partial charge in [0.15, 0.2) is 0 Å². The minimum Gasteiger partial charge on any atom is -0.391 e. The fraction of sp³-hybridized carbons (Fsp3) is 0.333. The van der Waals surface area contributed by atoms with Crippen LogP contribution in [0.3, 0.4) is 0 Å². The molecule has 0 aliphatic carbocycles. The standard InChI is InChI=1S/C9H10BrF2NO/c1-4(14)9(13)8-6(11)2-5(10)3-7(8)12/h2-4,9,14H,13H2,1H3/t4-,9+/m1/s1. The molecule has 0 radical (unpaired) electrons. The maximum atomic E-state index is 13.3. The monoisotopic (exact) mass is 265 g/mol. The number of nitrogens with two attached hydrogens (primary N) is 1. The Labute approximate surface area is 88.9 Å². The molecule has 5 heteroatoms. The van der Waals surface area contributed by atoms with Crippen LogP contribution in [0.5, 0.6) is 0 Å². The molecule has 0 bridgehead atoms. The molecule has 1 rings (SSSR count). The third-order valence-corrected chi connectivity index (χ3v) is 2.35. The summed E-state index contributed by atoms with van der Waals surface area (Å²) in [5, 5.41) is 9.12. The van der Waals surface area contributed by atoms with Crippen LogP contribution in [0.4, 0.5) is 8.78 Å². The molecule has 0 saturated heterocycles. The Morgan fingerprint density at radius 2 is 1.79 bits per heavy atom. The number of benzene rings is 1. The molecule has 0 fully saturated rings. The Kier molecular flexibility index (Phi) is 3.58. The predicted molar refractivity (Wildman–Crippen MR) is 52.7 cm³/mol. The number of aliphatic hydroxyl groups is 1. The second kappa shape index (κ2) is 4.33. The van der Waals surface area contributed by atoms with Crippen LogP contribution < -0.4 is 5.73 Å². The van der Waals surface area contributed by atoms with Gasteiger partial charge in [0.05, 0.1) is 12.1 Å². The molecule has 78 valence electrons. The van der Waals surface area contributed by atoms with Gasteiger partial charge in [-0.15, -0.1) is 0 Å². The van der Waals surface area contributed by atoms with Crippen LogP contribution in [0.2, 0.25) is 0 Å². The number of aliphatic hydroxyl groups excluding tert-OH is 1. The molecule has 0 aromatic heterocycles. The molecule has 0 aliphatic rings. The van der Waals surface area contributed by atoms with Gasteiger partial charge in [-0.05, 0) is 19.1 Å². The van der Waals surface area contributed by atoms with E-state index in [1.807, 2.05) is 0 Å². The summed E-state index contributed by atoms with van der Waals surface area (Å²) in [6.07, 6.45) is -1.000. The number of rotatable bonds is 2. The van der Waals surface area contributed by atoms with Crippen LogP contribution in [0.15, 0.2) is 16.6 Å². The van der Waals surface area contributed by atoms with E-state index >= 15 is 0 Å². The van der Waals surface area contributed by atoms with Gasteiger partial charge in [0, 0.05) is 10.0 Å². The van der Waals surface area contributed by atoms with Gasteiger partial charge in [0.25, 0.3) is 0 Å². The van der Waals surface area contributed by atoms with Crippen molar-refractivity contribution in [3.05, 3.63) is 33.8 Å². The van der Waals surface area contributed by atoms with Crippen LogP contribution in [0.1, 0.15) is 18.5 Å². The molecule has 14 heavy (non-hydrogen) atoms. The molecular formula is C9H10BrF2NO. The molecule has 0 amide bonds. The number of hydrogen-bond acceptors (Lipinski definition) is 2. The summed E-state index contributed by atoms with van der Waals surface area (Å²) in [5.74, 6) is -1.52. The SMILES string of the molecule is C[C@@H](O)[C@H](N)c1c(F)cc(Br)cc1F. The van der Waals surface area contributed by atoms with Crippen LogP contribution >= 0.6 is 15.9 Å². The van der Waals surface area contributed by atoms with Gasteiger partial charge in [0.1, 0.15) is 11.6 Å². The Bertz CT molecular complexity index is 321. The Morgan fingerprint density at radius 3 is 2.14 bits per heavy atom. The van der Waals surface area contributed by atoms with Crippen molar-refractivity contribution in [1.82, 2.24) is 0 Å². The van der Waals surface area contributed by atoms with Gasteiger partial charge < -0.3 is 10.8 Å². The van der Waals surface area contributed by atoms with E-state index in [1.54, 1.807) is 0 Å². The van der Waals surface area contributed by atoms with E-state index in [9.17, 15) is 8.78 Å². The predicted octanol–water partition coefficient (Wildman–Crippen LogP) is 2.11. The quantitative estimate of drug-likeness (QED) is 0.861. The van der Waals surface area contributed by atoms with Gasteiger partial charge >= 0.3 is 0 Å². The van der Waals surface area contributed by atoms with Crippen molar-refractivity contribution in [3.8, 4) is 0 Å². The third kappa shape index (κ3) is 2.29. The molecule has 0 saturated carbocycles. The second-order valence-corrected chi connectivity index (χ2v) is 3.97. The largest absolute Gasteiger partial charge is 0.391 e. The highest BCUT2D eigenvalue weighted by Gasteiger charge is 2.21. The maximum Gasteiger partial charge on any atom is 0.132 e. The van der Waals surface area contributed by atoms with Crippen molar-refractivity contribution in [2.75, 3.05) is 0 Å². The van der Waals surface area contributed by atoms with Crippen LogP contribution in [0, 0.1) is 11.6 Å². The fourth-order valence-electron chi connectivity index (χ4n) is 1.11. The van der Waals surface area contributed by atoms with E-state index in [1.165, 1.54) is 6.92 Å². The average Bonchev–Trinajstić information content (AvgIpc) is 2.01. The minimum absolute atomic E-state index is 0.289. The molecule has 1 aromatic carbocycles. The molecule has 2 nitrogen and oxygen atoms in total. The lowest BCUT2D eigenvalue weighted by molar-refractivity contribution is 0.160. The van der Waals surface area contributed by atoms with Crippen molar-refractivity contribution in [2.24, 2.45) is 5.73 Å². The Balaban J connectivity index is 3.20. The lowest BCUT2D eigenvalue weighted by Gasteiger charge is -2.16. The van der Waals surface area contributed by atoms with Crippen LogP contribution in [0.25, 0.3) is 0 Å². The van der Waals surface area contributed by atoms with Gasteiger partial charge in [-0.2, -0.15) is 0 Å². The third-order valence-electron chi connectivity index (χ3n) is 1.90. The highest BCUT2D eigenvalue weighted by Crippen LogP contribution is 2.25. The first-order valence-corrected chi connectivity index (χ1v) is 4.81. The van der Waals surface area contributed by atoms with Crippen molar-refractivity contribution < 1.29 is 13.9 Å². The summed E-state index contributed by atoms with van der Waals surface area (Å²) in [5.41, 5.74) is 5.16. The van der Waals surface area contributed by atoms with Crippen molar-refractivity contribution in [2.45, 2.75) is 19.1 Å². The zero-order chi connectivity index (χ0) is 10.9. The normalized spacial score (nSPS) is 15.3. The van der Waals surface area contributed by atoms with Gasteiger partial charge in [0.2, 0.25) is 0 Å². The zero-order valence-corrected chi connectivity index (χ0v) is 9.05. The Hall–Kier alpha value is -0.520. The van der Waals surface area contributed by atoms with Crippen molar-refractivity contribution in [3.63, 3.8) is 0 Å². The summed E-state index contributed by atoms with van der Waals surface area (Å²) in [4.78, 5) is 0. The highest BCUT2D eigenvalue weighted by atomic mass is 79.9. The average molecular weight is 266 g/mol. The lowest BCUT2D eigenvalue weighted by Crippen LogP contribution is -2.25. The first-order valence-electron chi connectivity index (χ1n) is 4.01. The topological polar surface area (TPSA) is 46.2 Å². The first kappa shape index (κ1) is 11.6. The van der Waals surface area contributed by atoms with E-state index < -0.39 is 23.8 Å². The lowest BCUT2D eigenvalue weighted by atomic mass is 10.0. The van der Waals surface area contributed by atoms with E-state index in [4.69, 9.17) is 10.8 Å². The summed E-state index contributed by atoms with van der Waals surface area (Å²) in [7, 11) is 0. The van der Waals surface area contributed by atoms with Gasteiger partial charge in [-0.1, -0.05) is 15.9 Å². The molecule has 0 aliphatic heterocycles. The molecule has 0 unspecified atom stereocenters. The van der Waals surface area contributed by atoms with E-state index in [0.29, 0.717) is 4.47 Å². The Morgan fingerprint density at radius 1 is 1.36 bits per heavy atom. The van der Waals surface area contributed by atoms with Crippen molar-refractivity contribution in [1.29, 1.82) is 0 Å². The molecule has 0 spiro atoms. The molecule has 3 N–H and O–H groups in total. The van der Waals surface area contributed by atoms with E-state index in [2.05, 4.69) is 15.9 Å². The smallest absolute Gasteiger partial charge is 0.132 e. The summed E-state index contributed by atoms with van der Waals surface area (Å²) in [6, 6.07) is 1.17. The summed E-state index contributed by atoms with van der Waals surface area (Å²) < 4.78 is 26.8. The maximum absolute atomic E-state index is 13.3. The number of hydrogen-bond donors (Lipinski definition) is 2. The van der Waals surface area contributed by atoms with Crippen LogP contribution in [-0.2, 0) is 0 Å². The first-order chi connectivity index (χ1) is 6.43. The fourth-order valence-corrected chi connectivity index (χ4v) is 1.51. The zero-order valence-electron chi connectivity index (χ0n) is 7.47. The molecule has 0 heterocycles. The molecule has 1 aromatic rings. The number of halogens is 3. The minimum atomic E-state index is -1.05. The van der Waals surface area contributed by atoms with E-state index in [0.717, 1.165) is 12.1 Å². The molecular weight excluding hydrogens is 256 g/mol. The second-order valence-electron chi connectivity index (χ2n) is 3.05. The molecule has 2 atom stereocenters.